The standard InChI is InChI=1S/C4H10.Zr/c1-4(2)3;/h4H,1-3H3;. The van der Waals surface area contributed by atoms with Crippen LogP contribution < -0.4 is 0 Å². The number of hydrogen-bond acceptors (Lipinski definition) is 0. The van der Waals surface area contributed by atoms with Crippen molar-refractivity contribution >= 4 is 0 Å². The van der Waals surface area contributed by atoms with Gasteiger partial charge in [-0.25, -0.2) is 0 Å². The largest absolute Gasteiger partial charge is 0.0630 e. The van der Waals surface area contributed by atoms with E-state index in [9.17, 15) is 0 Å². The van der Waals surface area contributed by atoms with Crippen LogP contribution in [-0.4, -0.2) is 0 Å². The van der Waals surface area contributed by atoms with Crippen LogP contribution in [0.3, 0.4) is 0 Å². The molecule has 5 heavy (non-hydrogen) atoms. The van der Waals surface area contributed by atoms with Crippen LogP contribution >= 0.6 is 0 Å². The number of rotatable bonds is 0. The molecule has 0 spiro atoms. The molecule has 0 amide bonds. The summed E-state index contributed by atoms with van der Waals surface area (Å²) >= 11 is 0. The third-order valence-corrected chi connectivity index (χ3v) is 0. The molecule has 1 heteroatoms. The summed E-state index contributed by atoms with van der Waals surface area (Å²) in [6.07, 6.45) is 0. The van der Waals surface area contributed by atoms with Gasteiger partial charge in [-0.1, -0.05) is 20.8 Å². The minimum atomic E-state index is 0. The number of hydrogen-bond donors (Lipinski definition) is 0. The van der Waals surface area contributed by atoms with E-state index in [0.29, 0.717) is 0 Å². The molecule has 0 saturated heterocycles. The Balaban J connectivity index is 0. The second-order valence-electron chi connectivity index (χ2n) is 1.73. The molecule has 0 aromatic rings. The molecule has 0 saturated carbocycles. The third-order valence-electron chi connectivity index (χ3n) is 0. The first-order chi connectivity index (χ1) is 1.73. The summed E-state index contributed by atoms with van der Waals surface area (Å²) in [5.74, 6) is 0.833. The Hall–Kier alpha value is 0.883. The van der Waals surface area contributed by atoms with Gasteiger partial charge >= 0.3 is 0 Å². The van der Waals surface area contributed by atoms with Gasteiger partial charge in [0, 0.05) is 26.2 Å². The van der Waals surface area contributed by atoms with Crippen molar-refractivity contribution in [2.75, 3.05) is 0 Å². The van der Waals surface area contributed by atoms with E-state index in [0.717, 1.165) is 5.92 Å². The molecule has 0 aliphatic rings. The quantitative estimate of drug-likeness (QED) is 0.491. The molecule has 0 N–H and O–H groups in total. The van der Waals surface area contributed by atoms with Crippen molar-refractivity contribution < 1.29 is 26.2 Å². The van der Waals surface area contributed by atoms with Gasteiger partial charge in [0.2, 0.25) is 0 Å². The summed E-state index contributed by atoms with van der Waals surface area (Å²) in [6, 6.07) is 0. The van der Waals surface area contributed by atoms with E-state index in [1.54, 1.807) is 0 Å². The Morgan fingerprint density at radius 1 is 1.00 bits per heavy atom. The fourth-order valence-corrected chi connectivity index (χ4v) is 0. The van der Waals surface area contributed by atoms with Crippen LogP contribution in [0, 0.1) is 5.92 Å². The summed E-state index contributed by atoms with van der Waals surface area (Å²) in [6.45, 7) is 6.50. The van der Waals surface area contributed by atoms with Crippen LogP contribution in [0.2, 0.25) is 0 Å². The second-order valence-corrected chi connectivity index (χ2v) is 1.73. The Labute approximate surface area is 53.1 Å². The fraction of sp³-hybridized carbons (Fsp3) is 1.00. The Morgan fingerprint density at radius 3 is 1.00 bits per heavy atom. The first kappa shape index (κ1) is 9.30. The van der Waals surface area contributed by atoms with E-state index < -0.39 is 0 Å². The molecule has 0 atom stereocenters. The van der Waals surface area contributed by atoms with Crippen molar-refractivity contribution in [1.29, 1.82) is 0 Å². The zero-order chi connectivity index (χ0) is 3.58. The average molecular weight is 149 g/mol. The van der Waals surface area contributed by atoms with Gasteiger partial charge in [0.05, 0.1) is 0 Å². The van der Waals surface area contributed by atoms with Crippen LogP contribution in [-0.2, 0) is 26.2 Å². The summed E-state index contributed by atoms with van der Waals surface area (Å²) < 4.78 is 0. The Bertz CT molecular complexity index is 8.36. The maximum atomic E-state index is 2.17. The molecule has 0 aliphatic heterocycles. The van der Waals surface area contributed by atoms with E-state index in [2.05, 4.69) is 20.8 Å². The smallest absolute Gasteiger partial charge is 0 e. The molecule has 0 bridgehead atoms. The average Bonchev–Trinajstić information content (AvgIpc) is 0.811. The maximum Gasteiger partial charge on any atom is 0 e. The predicted octanol–water partition coefficient (Wildman–Crippen LogP) is 1.66. The minimum absolute atomic E-state index is 0. The molecule has 0 radical (unpaired) electrons. The van der Waals surface area contributed by atoms with Gasteiger partial charge < -0.3 is 0 Å². The molecular formula is C4H10Zr. The molecule has 0 unspecified atom stereocenters. The van der Waals surface area contributed by atoms with E-state index in [-0.39, 0.29) is 26.2 Å². The summed E-state index contributed by atoms with van der Waals surface area (Å²) in [5, 5.41) is 0. The summed E-state index contributed by atoms with van der Waals surface area (Å²) in [5.41, 5.74) is 0. The predicted molar refractivity (Wildman–Crippen MR) is 20.5 cm³/mol. The molecule has 0 aromatic heterocycles. The molecule has 0 aliphatic carbocycles. The first-order valence-electron chi connectivity index (χ1n) is 1.73. The summed E-state index contributed by atoms with van der Waals surface area (Å²) in [4.78, 5) is 0. The molecule has 0 rings (SSSR count). The van der Waals surface area contributed by atoms with Crippen LogP contribution in [0.1, 0.15) is 20.8 Å². The van der Waals surface area contributed by atoms with Crippen molar-refractivity contribution in [1.82, 2.24) is 0 Å². The van der Waals surface area contributed by atoms with Gasteiger partial charge in [0.1, 0.15) is 0 Å². The van der Waals surface area contributed by atoms with Crippen LogP contribution in [0.5, 0.6) is 0 Å². The van der Waals surface area contributed by atoms with E-state index in [4.69, 9.17) is 0 Å². The third kappa shape index (κ3) is 52.0. The first-order valence-corrected chi connectivity index (χ1v) is 1.73. The van der Waals surface area contributed by atoms with Crippen LogP contribution in [0.15, 0.2) is 0 Å². The van der Waals surface area contributed by atoms with Crippen molar-refractivity contribution in [3.8, 4) is 0 Å². The molecule has 0 aromatic carbocycles. The summed E-state index contributed by atoms with van der Waals surface area (Å²) in [7, 11) is 0. The normalized spacial score (nSPS) is 7.20. The van der Waals surface area contributed by atoms with E-state index in [1.807, 2.05) is 0 Å². The zero-order valence-corrected chi connectivity index (χ0v) is 6.54. The van der Waals surface area contributed by atoms with Crippen molar-refractivity contribution in [3.63, 3.8) is 0 Å². The second kappa shape index (κ2) is 4.88. The molecule has 0 nitrogen and oxygen atoms in total. The van der Waals surface area contributed by atoms with E-state index in [1.165, 1.54) is 0 Å². The van der Waals surface area contributed by atoms with Gasteiger partial charge in [-0.3, -0.25) is 0 Å². The molecule has 0 fully saturated rings. The van der Waals surface area contributed by atoms with Crippen LogP contribution in [0.25, 0.3) is 0 Å². The molecule has 0 heterocycles. The van der Waals surface area contributed by atoms with Gasteiger partial charge in [-0.05, 0) is 5.92 Å². The van der Waals surface area contributed by atoms with Crippen LogP contribution in [0.4, 0.5) is 0 Å². The minimum Gasteiger partial charge on any atom is -0.0630 e. The zero-order valence-electron chi connectivity index (χ0n) is 4.08. The maximum absolute atomic E-state index is 2.17. The monoisotopic (exact) mass is 148 g/mol. The van der Waals surface area contributed by atoms with Gasteiger partial charge in [-0.15, -0.1) is 0 Å². The SMILES string of the molecule is CC(C)C.[Zr]. The fourth-order valence-electron chi connectivity index (χ4n) is 0. The van der Waals surface area contributed by atoms with Gasteiger partial charge in [0.15, 0.2) is 0 Å². The van der Waals surface area contributed by atoms with Crippen molar-refractivity contribution in [2.24, 2.45) is 5.92 Å². The van der Waals surface area contributed by atoms with Crippen molar-refractivity contribution in [3.05, 3.63) is 0 Å². The molecule has 30 valence electrons. The molecular weight excluding hydrogens is 139 g/mol. The van der Waals surface area contributed by atoms with Gasteiger partial charge in [0.25, 0.3) is 0 Å². The van der Waals surface area contributed by atoms with Crippen molar-refractivity contribution in [2.45, 2.75) is 20.8 Å². The van der Waals surface area contributed by atoms with Gasteiger partial charge in [-0.2, -0.15) is 0 Å². The Morgan fingerprint density at radius 2 is 1.00 bits per heavy atom. The van der Waals surface area contributed by atoms with E-state index >= 15 is 0 Å². The Kier molecular flexibility index (Phi) is 9.09. The topological polar surface area (TPSA) is 0 Å².